The van der Waals surface area contributed by atoms with Crippen molar-refractivity contribution in [3.8, 4) is 11.5 Å². The number of carboxylic acid groups (broad SMARTS) is 1. The molecule has 1 amide bonds. The third-order valence-electron chi connectivity index (χ3n) is 5.30. The predicted molar refractivity (Wildman–Crippen MR) is 120 cm³/mol. The number of carboxylic acids is 1. The Morgan fingerprint density at radius 3 is 2.41 bits per heavy atom. The molecule has 180 valence electrons. The summed E-state index contributed by atoms with van der Waals surface area (Å²) >= 11 is 6.06. The SMILES string of the molecule is Cc1c(CC(=O)NCC(C)C(=O)O)c2cc(O)c(Cl)cc2n1C(=O)c1ccc(OC(F)F)cc1. The lowest BCUT2D eigenvalue weighted by atomic mass is 10.1. The first kappa shape index (κ1) is 25.0. The summed E-state index contributed by atoms with van der Waals surface area (Å²) in [5.74, 6) is -3.17. The number of phenols is 1. The van der Waals surface area contributed by atoms with Crippen LogP contribution in [0.4, 0.5) is 8.78 Å². The molecule has 0 aliphatic heterocycles. The Labute approximate surface area is 197 Å². The van der Waals surface area contributed by atoms with Crippen LogP contribution in [-0.2, 0) is 16.0 Å². The Hall–Kier alpha value is -3.66. The standard InChI is InChI=1S/C23H21ClF2N2O6/c1-11(22(32)33)10-27-20(30)8-15-12(2)28(18-9-17(24)19(29)7-16(15)18)21(31)13-3-5-14(6-4-13)34-23(25)26/h3-7,9,11,23,29H,8,10H2,1-2H3,(H,27,30)(H,32,33). The molecule has 0 bridgehead atoms. The number of nitrogens with one attached hydrogen (secondary N) is 1. The van der Waals surface area contributed by atoms with E-state index in [9.17, 15) is 28.3 Å². The molecule has 0 radical (unpaired) electrons. The average molecular weight is 495 g/mol. The van der Waals surface area contributed by atoms with Crippen LogP contribution in [0.15, 0.2) is 36.4 Å². The van der Waals surface area contributed by atoms with Gasteiger partial charge in [0.2, 0.25) is 5.91 Å². The van der Waals surface area contributed by atoms with Crippen LogP contribution in [0.3, 0.4) is 0 Å². The van der Waals surface area contributed by atoms with E-state index in [1.54, 1.807) is 6.92 Å². The van der Waals surface area contributed by atoms with Gasteiger partial charge in [0.15, 0.2) is 0 Å². The fraction of sp³-hybridized carbons (Fsp3) is 0.261. The molecule has 0 spiro atoms. The Morgan fingerprint density at radius 1 is 1.18 bits per heavy atom. The van der Waals surface area contributed by atoms with Crippen LogP contribution in [-0.4, -0.2) is 45.7 Å². The van der Waals surface area contributed by atoms with E-state index in [4.69, 9.17) is 16.7 Å². The molecule has 0 aliphatic rings. The summed E-state index contributed by atoms with van der Waals surface area (Å²) in [4.78, 5) is 36.8. The number of amides is 1. The van der Waals surface area contributed by atoms with Gasteiger partial charge in [-0.2, -0.15) is 8.78 Å². The van der Waals surface area contributed by atoms with Crippen molar-refractivity contribution in [2.24, 2.45) is 5.92 Å². The minimum atomic E-state index is -3.00. The van der Waals surface area contributed by atoms with Crippen LogP contribution in [0.25, 0.3) is 10.9 Å². The molecular formula is C23H21ClF2N2O6. The van der Waals surface area contributed by atoms with Crippen molar-refractivity contribution in [3.05, 3.63) is 58.2 Å². The topological polar surface area (TPSA) is 118 Å². The summed E-state index contributed by atoms with van der Waals surface area (Å²) in [6.45, 7) is -0.0101. The molecule has 1 atom stereocenters. The lowest BCUT2D eigenvalue weighted by molar-refractivity contribution is -0.141. The zero-order valence-electron chi connectivity index (χ0n) is 18.1. The van der Waals surface area contributed by atoms with Gasteiger partial charge < -0.3 is 20.3 Å². The molecule has 0 aliphatic carbocycles. The molecule has 0 saturated heterocycles. The molecule has 34 heavy (non-hydrogen) atoms. The molecule has 0 saturated carbocycles. The van der Waals surface area contributed by atoms with Crippen molar-refractivity contribution in [1.82, 2.24) is 9.88 Å². The van der Waals surface area contributed by atoms with Crippen LogP contribution >= 0.6 is 11.6 Å². The van der Waals surface area contributed by atoms with Crippen molar-refractivity contribution in [2.75, 3.05) is 6.54 Å². The highest BCUT2D eigenvalue weighted by Crippen LogP contribution is 2.35. The number of alkyl halides is 2. The second-order valence-corrected chi connectivity index (χ2v) is 8.06. The fourth-order valence-corrected chi connectivity index (χ4v) is 3.62. The zero-order valence-corrected chi connectivity index (χ0v) is 18.9. The highest BCUT2D eigenvalue weighted by atomic mass is 35.5. The summed E-state index contributed by atoms with van der Waals surface area (Å²) in [5.41, 5.74) is 1.33. The van der Waals surface area contributed by atoms with Gasteiger partial charge in [0.25, 0.3) is 5.91 Å². The first-order valence-electron chi connectivity index (χ1n) is 10.1. The normalized spacial score (nSPS) is 12.1. The lowest BCUT2D eigenvalue weighted by Crippen LogP contribution is -2.32. The number of nitrogens with zero attached hydrogens (tertiary/aromatic N) is 1. The average Bonchev–Trinajstić information content (AvgIpc) is 3.02. The van der Waals surface area contributed by atoms with Crippen LogP contribution < -0.4 is 10.1 Å². The van der Waals surface area contributed by atoms with Gasteiger partial charge >= 0.3 is 12.6 Å². The Balaban J connectivity index is 1.99. The first-order valence-corrected chi connectivity index (χ1v) is 10.5. The zero-order chi connectivity index (χ0) is 25.2. The summed E-state index contributed by atoms with van der Waals surface area (Å²) in [6.07, 6.45) is -0.183. The van der Waals surface area contributed by atoms with E-state index >= 15 is 0 Å². The van der Waals surface area contributed by atoms with Gasteiger partial charge in [-0.1, -0.05) is 18.5 Å². The maximum atomic E-state index is 13.3. The van der Waals surface area contributed by atoms with Gasteiger partial charge in [0.1, 0.15) is 11.5 Å². The monoisotopic (exact) mass is 494 g/mol. The lowest BCUT2D eigenvalue weighted by Gasteiger charge is -2.10. The molecular weight excluding hydrogens is 474 g/mol. The number of ether oxygens (including phenoxy) is 1. The Kier molecular flexibility index (Phi) is 7.41. The molecule has 3 rings (SSSR count). The molecule has 1 aromatic heterocycles. The number of aromatic nitrogens is 1. The second-order valence-electron chi connectivity index (χ2n) is 7.65. The Bertz CT molecular complexity index is 1260. The number of rotatable bonds is 8. The van der Waals surface area contributed by atoms with Crippen LogP contribution in [0, 0.1) is 12.8 Å². The molecule has 0 fully saturated rings. The molecule has 3 N–H and O–H groups in total. The van der Waals surface area contributed by atoms with Gasteiger partial charge in [0, 0.05) is 23.2 Å². The molecule has 2 aromatic carbocycles. The third kappa shape index (κ3) is 5.28. The van der Waals surface area contributed by atoms with Gasteiger partial charge in [0.05, 0.1) is 22.9 Å². The van der Waals surface area contributed by atoms with E-state index in [0.29, 0.717) is 22.2 Å². The number of aromatic hydroxyl groups is 1. The van der Waals surface area contributed by atoms with Crippen molar-refractivity contribution < 1.29 is 38.1 Å². The fourth-order valence-electron chi connectivity index (χ4n) is 3.46. The second kappa shape index (κ2) is 10.1. The van der Waals surface area contributed by atoms with Crippen molar-refractivity contribution >= 4 is 40.3 Å². The Morgan fingerprint density at radius 2 is 1.82 bits per heavy atom. The maximum Gasteiger partial charge on any atom is 0.387 e. The summed E-state index contributed by atoms with van der Waals surface area (Å²) in [6, 6.07) is 7.85. The summed E-state index contributed by atoms with van der Waals surface area (Å²) < 4.78 is 30.4. The van der Waals surface area contributed by atoms with Crippen molar-refractivity contribution in [1.29, 1.82) is 0 Å². The maximum absolute atomic E-state index is 13.3. The minimum absolute atomic E-state index is 0.00832. The predicted octanol–water partition coefficient (Wildman–Crippen LogP) is 3.98. The number of hydrogen-bond donors (Lipinski definition) is 3. The van der Waals surface area contributed by atoms with E-state index in [1.165, 1.54) is 47.9 Å². The number of halogens is 3. The summed E-state index contributed by atoms with van der Waals surface area (Å²) in [7, 11) is 0. The van der Waals surface area contributed by atoms with Gasteiger partial charge in [-0.05, 0) is 48.9 Å². The molecule has 1 unspecified atom stereocenters. The van der Waals surface area contributed by atoms with Gasteiger partial charge in [-0.25, -0.2) is 0 Å². The number of phenolic OH excluding ortho intramolecular Hbond substituents is 1. The number of aliphatic carboxylic acids is 1. The van der Waals surface area contributed by atoms with E-state index in [2.05, 4.69) is 10.1 Å². The smallest absolute Gasteiger partial charge is 0.387 e. The number of fused-ring (bicyclic) bond motifs is 1. The number of carbonyl (C=O) groups excluding carboxylic acids is 2. The third-order valence-corrected chi connectivity index (χ3v) is 5.60. The highest BCUT2D eigenvalue weighted by Gasteiger charge is 2.23. The van der Waals surface area contributed by atoms with Gasteiger partial charge in [-0.3, -0.25) is 19.0 Å². The van der Waals surface area contributed by atoms with E-state index in [-0.39, 0.29) is 35.1 Å². The molecule has 1 heterocycles. The van der Waals surface area contributed by atoms with Crippen LogP contribution in [0.1, 0.15) is 28.5 Å². The first-order chi connectivity index (χ1) is 16.0. The highest BCUT2D eigenvalue weighted by molar-refractivity contribution is 6.33. The molecule has 11 heteroatoms. The number of benzene rings is 2. The minimum Gasteiger partial charge on any atom is -0.506 e. The van der Waals surface area contributed by atoms with Crippen LogP contribution in [0.2, 0.25) is 5.02 Å². The van der Waals surface area contributed by atoms with E-state index < -0.39 is 30.3 Å². The molecule has 3 aromatic rings. The quantitative estimate of drug-likeness (QED) is 0.436. The van der Waals surface area contributed by atoms with Crippen molar-refractivity contribution in [2.45, 2.75) is 26.9 Å². The van der Waals surface area contributed by atoms with Crippen LogP contribution in [0.5, 0.6) is 11.5 Å². The number of hydrogen-bond acceptors (Lipinski definition) is 5. The largest absolute Gasteiger partial charge is 0.506 e. The van der Waals surface area contributed by atoms with E-state index in [1.807, 2.05) is 0 Å². The molecule has 8 nitrogen and oxygen atoms in total. The van der Waals surface area contributed by atoms with Gasteiger partial charge in [-0.15, -0.1) is 0 Å². The summed E-state index contributed by atoms with van der Waals surface area (Å²) in [5, 5.41) is 22.0. The van der Waals surface area contributed by atoms with E-state index in [0.717, 1.165) is 0 Å². The van der Waals surface area contributed by atoms with Crippen molar-refractivity contribution in [3.63, 3.8) is 0 Å². The number of carbonyl (C=O) groups is 3.